The number of carbonyl (C=O) groups excluding carboxylic acids is 2. The lowest BCUT2D eigenvalue weighted by Crippen LogP contribution is -2.45. The van der Waals surface area contributed by atoms with Gasteiger partial charge in [0.15, 0.2) is 5.78 Å². The number of carboxylic acid groups (broad SMARTS) is 1. The van der Waals surface area contributed by atoms with Crippen molar-refractivity contribution in [2.24, 2.45) is 0 Å². The molecule has 0 unspecified atom stereocenters. The molecule has 0 aliphatic carbocycles. The van der Waals surface area contributed by atoms with Gasteiger partial charge in [0.2, 0.25) is 5.91 Å². The molecular formula is C18H21NO5. The van der Waals surface area contributed by atoms with E-state index in [2.05, 4.69) is 0 Å². The zero-order chi connectivity index (χ0) is 17.5. The van der Waals surface area contributed by atoms with Gasteiger partial charge >= 0.3 is 5.97 Å². The van der Waals surface area contributed by atoms with Crippen LogP contribution in [0, 0.1) is 6.92 Å². The maximum absolute atomic E-state index is 12.6. The minimum atomic E-state index is -1.03. The second-order valence-electron chi connectivity index (χ2n) is 6.74. The molecule has 2 atom stereocenters. The fourth-order valence-corrected chi connectivity index (χ4v) is 3.48. The summed E-state index contributed by atoms with van der Waals surface area (Å²) in [6.45, 7) is 3.71. The van der Waals surface area contributed by atoms with Crippen molar-refractivity contribution in [3.05, 3.63) is 29.3 Å². The molecule has 0 aromatic heterocycles. The Balaban J connectivity index is 1.85. The molecule has 1 fully saturated rings. The molecule has 1 amide bonds. The van der Waals surface area contributed by atoms with Crippen LogP contribution in [0.5, 0.6) is 5.75 Å². The summed E-state index contributed by atoms with van der Waals surface area (Å²) in [5.41, 5.74) is 0.869. The predicted octanol–water partition coefficient (Wildman–Crippen LogP) is 2.18. The van der Waals surface area contributed by atoms with Gasteiger partial charge in [-0.3, -0.25) is 9.59 Å². The maximum Gasteiger partial charge on any atom is 0.326 e. The summed E-state index contributed by atoms with van der Waals surface area (Å²) in [7, 11) is 0. The number of benzene rings is 1. The van der Waals surface area contributed by atoms with E-state index in [0.29, 0.717) is 24.2 Å². The Morgan fingerprint density at radius 2 is 2.08 bits per heavy atom. The van der Waals surface area contributed by atoms with Gasteiger partial charge in [-0.05, 0) is 32.4 Å². The highest BCUT2D eigenvalue weighted by molar-refractivity contribution is 6.00. The third-order valence-electron chi connectivity index (χ3n) is 4.99. The SMILES string of the molecule is Cc1ccc2c(c1)C(=O)C[C@]1(CCC(=O)N([C@H](C)C(=O)O)CC1)O2. The molecule has 1 aromatic carbocycles. The Kier molecular flexibility index (Phi) is 4.07. The number of aryl methyl sites for hydroxylation is 1. The zero-order valence-corrected chi connectivity index (χ0v) is 13.9. The van der Waals surface area contributed by atoms with Crippen LogP contribution in [0.1, 0.15) is 48.5 Å². The first-order valence-electron chi connectivity index (χ1n) is 8.16. The predicted molar refractivity (Wildman–Crippen MR) is 86.1 cm³/mol. The van der Waals surface area contributed by atoms with E-state index in [4.69, 9.17) is 9.84 Å². The lowest BCUT2D eigenvalue weighted by molar-refractivity contribution is -0.149. The molecule has 2 aliphatic rings. The minimum absolute atomic E-state index is 0.0205. The Morgan fingerprint density at radius 1 is 1.33 bits per heavy atom. The molecule has 2 aliphatic heterocycles. The van der Waals surface area contributed by atoms with Gasteiger partial charge in [-0.1, -0.05) is 11.6 Å². The molecule has 0 radical (unpaired) electrons. The second-order valence-corrected chi connectivity index (χ2v) is 6.74. The summed E-state index contributed by atoms with van der Waals surface area (Å²) in [5.74, 6) is -0.649. The highest BCUT2D eigenvalue weighted by Crippen LogP contribution is 2.40. The average molecular weight is 331 g/mol. The largest absolute Gasteiger partial charge is 0.486 e. The van der Waals surface area contributed by atoms with Crippen molar-refractivity contribution >= 4 is 17.7 Å². The Hall–Kier alpha value is -2.37. The van der Waals surface area contributed by atoms with E-state index in [1.807, 2.05) is 19.1 Å². The van der Waals surface area contributed by atoms with Crippen LogP contribution >= 0.6 is 0 Å². The molecule has 2 heterocycles. The van der Waals surface area contributed by atoms with Crippen LogP contribution in [0.2, 0.25) is 0 Å². The highest BCUT2D eigenvalue weighted by atomic mass is 16.5. The van der Waals surface area contributed by atoms with Crippen LogP contribution in [0.4, 0.5) is 0 Å². The molecule has 1 aromatic rings. The fraction of sp³-hybridized carbons (Fsp3) is 0.500. The topological polar surface area (TPSA) is 83.9 Å². The van der Waals surface area contributed by atoms with Gasteiger partial charge in [-0.15, -0.1) is 0 Å². The van der Waals surface area contributed by atoms with Crippen molar-refractivity contribution in [2.75, 3.05) is 6.54 Å². The normalized spacial score (nSPS) is 25.0. The number of carbonyl (C=O) groups is 3. The number of hydrogen-bond acceptors (Lipinski definition) is 4. The van der Waals surface area contributed by atoms with Crippen LogP contribution in [0.3, 0.4) is 0 Å². The van der Waals surface area contributed by atoms with E-state index in [9.17, 15) is 14.4 Å². The number of Topliss-reactive ketones (excluding diaryl/α,β-unsaturated/α-hetero) is 1. The summed E-state index contributed by atoms with van der Waals surface area (Å²) in [6.07, 6.45) is 1.29. The number of nitrogens with zero attached hydrogens (tertiary/aromatic N) is 1. The van der Waals surface area contributed by atoms with E-state index in [-0.39, 0.29) is 31.1 Å². The molecule has 1 spiro atoms. The van der Waals surface area contributed by atoms with E-state index in [1.54, 1.807) is 6.07 Å². The van der Waals surface area contributed by atoms with Gasteiger partial charge in [-0.25, -0.2) is 4.79 Å². The fourth-order valence-electron chi connectivity index (χ4n) is 3.48. The first kappa shape index (κ1) is 16.5. The van der Waals surface area contributed by atoms with Crippen molar-refractivity contribution in [2.45, 2.75) is 51.2 Å². The van der Waals surface area contributed by atoms with E-state index < -0.39 is 17.6 Å². The van der Waals surface area contributed by atoms with Gasteiger partial charge in [0.25, 0.3) is 0 Å². The summed E-state index contributed by atoms with van der Waals surface area (Å²) in [4.78, 5) is 37.4. The number of ketones is 1. The summed E-state index contributed by atoms with van der Waals surface area (Å²) >= 11 is 0. The summed E-state index contributed by atoms with van der Waals surface area (Å²) in [6, 6.07) is 4.65. The quantitative estimate of drug-likeness (QED) is 0.898. The maximum atomic E-state index is 12.6. The van der Waals surface area contributed by atoms with Crippen molar-refractivity contribution in [3.63, 3.8) is 0 Å². The number of fused-ring (bicyclic) bond motifs is 1. The number of amides is 1. The third kappa shape index (κ3) is 2.88. The van der Waals surface area contributed by atoms with Gasteiger partial charge < -0.3 is 14.7 Å². The number of hydrogen-bond donors (Lipinski definition) is 1. The summed E-state index contributed by atoms with van der Waals surface area (Å²) < 4.78 is 6.16. The molecule has 1 N–H and O–H groups in total. The van der Waals surface area contributed by atoms with Gasteiger partial charge in [0.1, 0.15) is 17.4 Å². The Bertz CT molecular complexity index is 713. The zero-order valence-electron chi connectivity index (χ0n) is 13.9. The van der Waals surface area contributed by atoms with Gasteiger partial charge in [0, 0.05) is 19.4 Å². The molecule has 0 bridgehead atoms. The third-order valence-corrected chi connectivity index (χ3v) is 4.99. The number of likely N-dealkylation sites (tertiary alicyclic amines) is 1. The molecule has 0 saturated carbocycles. The Morgan fingerprint density at radius 3 is 2.79 bits per heavy atom. The first-order valence-corrected chi connectivity index (χ1v) is 8.16. The molecular weight excluding hydrogens is 310 g/mol. The van der Waals surface area contributed by atoms with Crippen molar-refractivity contribution in [1.82, 2.24) is 4.90 Å². The smallest absolute Gasteiger partial charge is 0.326 e. The average Bonchev–Trinajstić information content (AvgIpc) is 2.68. The van der Waals surface area contributed by atoms with Crippen LogP contribution < -0.4 is 4.74 Å². The standard InChI is InChI=1S/C18H21NO5/c1-11-3-4-15-13(9-11)14(20)10-18(24-15)6-5-16(21)19(8-7-18)12(2)17(22)23/h3-4,9,12H,5-8,10H2,1-2H3,(H,22,23)/t12-,18-/m1/s1. The van der Waals surface area contributed by atoms with Gasteiger partial charge in [0.05, 0.1) is 12.0 Å². The monoisotopic (exact) mass is 331 g/mol. The first-order chi connectivity index (χ1) is 11.3. The van der Waals surface area contributed by atoms with E-state index in [0.717, 1.165) is 5.56 Å². The molecule has 128 valence electrons. The molecule has 6 nitrogen and oxygen atoms in total. The van der Waals surface area contributed by atoms with E-state index >= 15 is 0 Å². The van der Waals surface area contributed by atoms with Crippen LogP contribution in [0.25, 0.3) is 0 Å². The van der Waals surface area contributed by atoms with Crippen molar-refractivity contribution < 1.29 is 24.2 Å². The summed E-state index contributed by atoms with van der Waals surface area (Å²) in [5, 5.41) is 9.16. The second kappa shape index (κ2) is 5.92. The number of carboxylic acids is 1. The molecule has 1 saturated heterocycles. The lowest BCUT2D eigenvalue weighted by atomic mass is 9.84. The van der Waals surface area contributed by atoms with Crippen LogP contribution in [-0.2, 0) is 9.59 Å². The molecule has 24 heavy (non-hydrogen) atoms. The molecule has 6 heteroatoms. The van der Waals surface area contributed by atoms with Crippen LogP contribution in [-0.4, -0.2) is 45.9 Å². The number of aliphatic carboxylic acids is 1. The Labute approximate surface area is 140 Å². The van der Waals surface area contributed by atoms with Crippen molar-refractivity contribution in [3.8, 4) is 5.75 Å². The van der Waals surface area contributed by atoms with Crippen LogP contribution in [0.15, 0.2) is 18.2 Å². The highest BCUT2D eigenvalue weighted by Gasteiger charge is 2.44. The molecule has 3 rings (SSSR count). The van der Waals surface area contributed by atoms with Crippen molar-refractivity contribution in [1.29, 1.82) is 0 Å². The van der Waals surface area contributed by atoms with Gasteiger partial charge in [-0.2, -0.15) is 0 Å². The van der Waals surface area contributed by atoms with E-state index in [1.165, 1.54) is 11.8 Å². The minimum Gasteiger partial charge on any atom is -0.486 e. The lowest BCUT2D eigenvalue weighted by Gasteiger charge is -2.37. The number of rotatable bonds is 2. The number of ether oxygens (including phenoxy) is 1.